The fourth-order valence-electron chi connectivity index (χ4n) is 1.17. The molecule has 0 aliphatic rings. The summed E-state index contributed by atoms with van der Waals surface area (Å²) in [7, 11) is -3.67. The first-order valence-corrected chi connectivity index (χ1v) is 7.30. The van der Waals surface area contributed by atoms with Gasteiger partial charge in [0.25, 0.3) is 10.1 Å². The van der Waals surface area contributed by atoms with Crippen LogP contribution >= 0.6 is 0 Å². The number of hydrogen-bond acceptors (Lipinski definition) is 4. The van der Waals surface area contributed by atoms with Gasteiger partial charge in [-0.05, 0) is 48.5 Å². The lowest BCUT2D eigenvalue weighted by Crippen LogP contribution is -1.88. The Labute approximate surface area is 116 Å². The van der Waals surface area contributed by atoms with Crippen LogP contribution in [-0.2, 0) is 10.1 Å². The Morgan fingerprint density at radius 1 is 1.00 bits per heavy atom. The van der Waals surface area contributed by atoms with Gasteiger partial charge in [0.1, 0.15) is 17.3 Å². The van der Waals surface area contributed by atoms with Crippen LogP contribution in [-0.4, -0.2) is 19.2 Å². The van der Waals surface area contributed by atoms with Gasteiger partial charge in [-0.2, -0.15) is 8.42 Å². The standard InChI is InChI=1S/C12H10FNO.CH4O3S/c13-9-1-5-11(6-2-9)15-12-7-3-10(14)4-8-12;1-5(2,3)4/h1-8H,14H2;1H3,(H,2,3,4). The van der Waals surface area contributed by atoms with Crippen molar-refractivity contribution in [3.05, 3.63) is 54.3 Å². The van der Waals surface area contributed by atoms with Gasteiger partial charge in [-0.15, -0.1) is 0 Å². The fraction of sp³-hybridized carbons (Fsp3) is 0.0769. The molecule has 0 saturated carbocycles. The molecule has 0 atom stereocenters. The molecule has 3 N–H and O–H groups in total. The smallest absolute Gasteiger partial charge is 0.261 e. The van der Waals surface area contributed by atoms with Gasteiger partial charge in [0.15, 0.2) is 0 Å². The topological polar surface area (TPSA) is 89.6 Å². The van der Waals surface area contributed by atoms with E-state index in [0.29, 0.717) is 23.4 Å². The van der Waals surface area contributed by atoms with Crippen molar-refractivity contribution in [1.29, 1.82) is 0 Å². The average molecular weight is 299 g/mol. The lowest BCUT2D eigenvalue weighted by Gasteiger charge is -2.05. The quantitative estimate of drug-likeness (QED) is 0.657. The zero-order valence-electron chi connectivity index (χ0n) is 10.7. The van der Waals surface area contributed by atoms with E-state index in [0.717, 1.165) is 0 Å². The summed E-state index contributed by atoms with van der Waals surface area (Å²) in [6, 6.07) is 12.9. The predicted molar refractivity (Wildman–Crippen MR) is 74.8 cm³/mol. The van der Waals surface area contributed by atoms with Gasteiger partial charge in [0, 0.05) is 5.69 Å². The number of hydrogen-bond donors (Lipinski definition) is 2. The molecule has 0 amide bonds. The lowest BCUT2D eigenvalue weighted by molar-refractivity contribution is 0.480. The van der Waals surface area contributed by atoms with E-state index in [1.54, 1.807) is 36.4 Å². The third-order valence-electron chi connectivity index (χ3n) is 1.93. The maximum absolute atomic E-state index is 12.6. The van der Waals surface area contributed by atoms with Crippen molar-refractivity contribution in [2.24, 2.45) is 0 Å². The number of anilines is 1. The highest BCUT2D eigenvalue weighted by molar-refractivity contribution is 7.85. The largest absolute Gasteiger partial charge is 0.457 e. The third kappa shape index (κ3) is 7.34. The van der Waals surface area contributed by atoms with E-state index in [9.17, 15) is 12.8 Å². The molecule has 0 spiro atoms. The normalized spacial score (nSPS) is 10.3. The molecule has 2 rings (SSSR count). The van der Waals surface area contributed by atoms with E-state index in [1.807, 2.05) is 0 Å². The van der Waals surface area contributed by atoms with Crippen LogP contribution in [0.15, 0.2) is 48.5 Å². The highest BCUT2D eigenvalue weighted by atomic mass is 32.2. The van der Waals surface area contributed by atoms with Crippen LogP contribution in [0.25, 0.3) is 0 Å². The zero-order valence-corrected chi connectivity index (χ0v) is 11.5. The molecular formula is C13H14FNO4S. The van der Waals surface area contributed by atoms with Crippen molar-refractivity contribution in [1.82, 2.24) is 0 Å². The predicted octanol–water partition coefficient (Wildman–Crippen LogP) is 2.70. The second-order valence-electron chi connectivity index (χ2n) is 3.86. The molecular weight excluding hydrogens is 285 g/mol. The van der Waals surface area contributed by atoms with Gasteiger partial charge in [0.2, 0.25) is 0 Å². The van der Waals surface area contributed by atoms with Crippen LogP contribution in [0.5, 0.6) is 11.5 Å². The number of nitrogen functional groups attached to an aromatic ring is 1. The summed E-state index contributed by atoms with van der Waals surface area (Å²) in [4.78, 5) is 0. The van der Waals surface area contributed by atoms with Crippen LogP contribution in [0.3, 0.4) is 0 Å². The summed E-state index contributed by atoms with van der Waals surface area (Å²) >= 11 is 0. The zero-order chi connectivity index (χ0) is 15.2. The molecule has 2 aromatic carbocycles. The van der Waals surface area contributed by atoms with E-state index < -0.39 is 10.1 Å². The molecule has 5 nitrogen and oxygen atoms in total. The number of nitrogens with two attached hydrogens (primary N) is 1. The molecule has 20 heavy (non-hydrogen) atoms. The van der Waals surface area contributed by atoms with Crippen molar-refractivity contribution in [2.45, 2.75) is 0 Å². The van der Waals surface area contributed by atoms with Crippen molar-refractivity contribution in [2.75, 3.05) is 12.0 Å². The monoisotopic (exact) mass is 299 g/mol. The van der Waals surface area contributed by atoms with Crippen LogP contribution in [0.4, 0.5) is 10.1 Å². The first-order valence-electron chi connectivity index (χ1n) is 5.45. The molecule has 0 unspecified atom stereocenters. The number of benzene rings is 2. The summed E-state index contributed by atoms with van der Waals surface area (Å²) in [5.74, 6) is 0.997. The van der Waals surface area contributed by atoms with E-state index in [1.165, 1.54) is 12.1 Å². The first kappa shape index (κ1) is 15.9. The van der Waals surface area contributed by atoms with E-state index in [2.05, 4.69) is 0 Å². The van der Waals surface area contributed by atoms with Crippen molar-refractivity contribution in [3.8, 4) is 11.5 Å². The van der Waals surface area contributed by atoms with Gasteiger partial charge in [-0.1, -0.05) is 0 Å². The Hall–Kier alpha value is -2.12. The summed E-state index contributed by atoms with van der Waals surface area (Å²) in [6.45, 7) is 0. The average Bonchev–Trinajstić information content (AvgIpc) is 2.33. The van der Waals surface area contributed by atoms with E-state index >= 15 is 0 Å². The van der Waals surface area contributed by atoms with Crippen LogP contribution in [0, 0.1) is 5.82 Å². The van der Waals surface area contributed by atoms with Crippen molar-refractivity contribution in [3.63, 3.8) is 0 Å². The van der Waals surface area contributed by atoms with Gasteiger partial charge in [-0.25, -0.2) is 4.39 Å². The highest BCUT2D eigenvalue weighted by Crippen LogP contribution is 2.22. The Balaban J connectivity index is 0.000000347. The first-order chi connectivity index (χ1) is 9.24. The van der Waals surface area contributed by atoms with Crippen molar-refractivity contribution < 1.29 is 22.1 Å². The molecule has 0 bridgehead atoms. The number of rotatable bonds is 2. The van der Waals surface area contributed by atoms with E-state index in [4.69, 9.17) is 15.0 Å². The highest BCUT2D eigenvalue weighted by Gasteiger charge is 1.97. The minimum atomic E-state index is -3.67. The van der Waals surface area contributed by atoms with Crippen LogP contribution in [0.1, 0.15) is 0 Å². The van der Waals surface area contributed by atoms with E-state index in [-0.39, 0.29) is 5.82 Å². The molecule has 0 aliphatic carbocycles. The molecule has 0 heterocycles. The Bertz CT molecular complexity index is 588. The maximum atomic E-state index is 12.6. The van der Waals surface area contributed by atoms with Crippen LogP contribution in [0.2, 0.25) is 0 Å². The van der Waals surface area contributed by atoms with Gasteiger partial charge < -0.3 is 10.5 Å². The second kappa shape index (κ2) is 6.88. The second-order valence-corrected chi connectivity index (χ2v) is 5.32. The summed E-state index contributed by atoms with van der Waals surface area (Å²) in [5, 5.41) is 0. The number of ether oxygens (including phenoxy) is 1. The van der Waals surface area contributed by atoms with Gasteiger partial charge in [-0.3, -0.25) is 4.55 Å². The molecule has 0 fully saturated rings. The third-order valence-corrected chi connectivity index (χ3v) is 1.93. The minimum absolute atomic E-state index is 0.278. The lowest BCUT2D eigenvalue weighted by atomic mass is 10.3. The van der Waals surface area contributed by atoms with Crippen LogP contribution < -0.4 is 10.5 Å². The fourth-order valence-corrected chi connectivity index (χ4v) is 1.17. The summed E-state index contributed by atoms with van der Waals surface area (Å²) in [5.41, 5.74) is 6.22. The molecule has 0 aromatic heterocycles. The van der Waals surface area contributed by atoms with Crippen molar-refractivity contribution >= 4 is 15.8 Å². The molecule has 108 valence electrons. The molecule has 0 aliphatic heterocycles. The minimum Gasteiger partial charge on any atom is -0.457 e. The maximum Gasteiger partial charge on any atom is 0.261 e. The Morgan fingerprint density at radius 2 is 1.35 bits per heavy atom. The molecule has 7 heteroatoms. The SMILES string of the molecule is CS(=O)(=O)O.Nc1ccc(Oc2ccc(F)cc2)cc1. The Morgan fingerprint density at radius 3 is 1.75 bits per heavy atom. The summed E-state index contributed by atoms with van der Waals surface area (Å²) in [6.07, 6.45) is 0.715. The molecule has 0 radical (unpaired) electrons. The Kier molecular flexibility index (Phi) is 5.48. The molecule has 2 aromatic rings. The molecule has 0 saturated heterocycles. The van der Waals surface area contributed by atoms with Gasteiger partial charge >= 0.3 is 0 Å². The number of halogens is 1. The van der Waals surface area contributed by atoms with Gasteiger partial charge in [0.05, 0.1) is 6.26 Å². The summed E-state index contributed by atoms with van der Waals surface area (Å²) < 4.78 is 43.9.